The van der Waals surface area contributed by atoms with Gasteiger partial charge in [-0.05, 0) is 52.7 Å². The summed E-state index contributed by atoms with van der Waals surface area (Å²) >= 11 is 5.17. The Morgan fingerprint density at radius 1 is 1.22 bits per heavy atom. The minimum atomic E-state index is -3.62. The summed E-state index contributed by atoms with van der Waals surface area (Å²) in [6.45, 7) is 2.73. The van der Waals surface area contributed by atoms with Gasteiger partial charge in [0.05, 0.1) is 16.1 Å². The normalized spacial score (nSPS) is 17.5. The molecule has 27 heavy (non-hydrogen) atoms. The van der Waals surface area contributed by atoms with Crippen molar-refractivity contribution in [1.29, 1.82) is 0 Å². The monoisotopic (exact) mass is 468 g/mol. The predicted octanol–water partition coefficient (Wildman–Crippen LogP) is 4.23. The number of thioether (sulfide) groups is 1. The summed E-state index contributed by atoms with van der Waals surface area (Å²) in [7, 11) is -0.670. The van der Waals surface area contributed by atoms with Crippen LogP contribution in [0.3, 0.4) is 0 Å². The topological polar surface area (TPSA) is 57.7 Å². The Balaban J connectivity index is 2.06. The second-order valence-corrected chi connectivity index (χ2v) is 11.1. The first-order valence-electron chi connectivity index (χ1n) is 8.51. The predicted molar refractivity (Wildman–Crippen MR) is 113 cm³/mol. The van der Waals surface area contributed by atoms with Gasteiger partial charge in [-0.25, -0.2) is 12.7 Å². The van der Waals surface area contributed by atoms with Gasteiger partial charge in [-0.3, -0.25) is 4.79 Å². The Hall–Kier alpha value is -1.35. The molecule has 0 saturated heterocycles. The summed E-state index contributed by atoms with van der Waals surface area (Å²) in [6.07, 6.45) is 0.860. The third-order valence-electron chi connectivity index (χ3n) is 4.44. The van der Waals surface area contributed by atoms with E-state index in [1.54, 1.807) is 22.7 Å². The van der Waals surface area contributed by atoms with Crippen LogP contribution < -0.4 is 4.90 Å². The average molecular weight is 469 g/mol. The van der Waals surface area contributed by atoms with Gasteiger partial charge in [-0.1, -0.05) is 19.1 Å². The SMILES string of the molecule is CC1CCN(C(=O)c2cc(S(=O)(=O)N(C)C)ccc2Br)c2ccccc2S1. The summed E-state index contributed by atoms with van der Waals surface area (Å²) in [4.78, 5) is 16.3. The summed E-state index contributed by atoms with van der Waals surface area (Å²) in [6, 6.07) is 12.4. The molecule has 5 nitrogen and oxygen atoms in total. The Morgan fingerprint density at radius 3 is 2.63 bits per heavy atom. The third kappa shape index (κ3) is 4.08. The maximum atomic E-state index is 13.4. The number of carbonyl (C=O) groups is 1. The highest BCUT2D eigenvalue weighted by Crippen LogP contribution is 2.38. The molecule has 0 N–H and O–H groups in total. The second-order valence-electron chi connectivity index (χ2n) is 6.57. The molecule has 144 valence electrons. The van der Waals surface area contributed by atoms with Crippen molar-refractivity contribution in [3.05, 3.63) is 52.5 Å². The molecule has 3 rings (SSSR count). The van der Waals surface area contributed by atoms with Gasteiger partial charge in [-0.15, -0.1) is 11.8 Å². The van der Waals surface area contributed by atoms with Gasteiger partial charge in [0, 0.05) is 35.3 Å². The van der Waals surface area contributed by atoms with Crippen molar-refractivity contribution in [3.63, 3.8) is 0 Å². The van der Waals surface area contributed by atoms with Gasteiger partial charge in [0.25, 0.3) is 5.91 Å². The van der Waals surface area contributed by atoms with E-state index in [-0.39, 0.29) is 10.8 Å². The zero-order valence-corrected chi connectivity index (χ0v) is 18.6. The van der Waals surface area contributed by atoms with Crippen LogP contribution in [0.25, 0.3) is 0 Å². The number of carbonyl (C=O) groups excluding carboxylic acids is 1. The maximum Gasteiger partial charge on any atom is 0.259 e. The highest BCUT2D eigenvalue weighted by molar-refractivity contribution is 9.10. The molecule has 0 aromatic heterocycles. The van der Waals surface area contributed by atoms with Crippen LogP contribution in [0, 0.1) is 0 Å². The third-order valence-corrected chi connectivity index (χ3v) is 8.18. The number of sulfonamides is 1. The molecule has 0 radical (unpaired) electrons. The van der Waals surface area contributed by atoms with Crippen LogP contribution in [0.1, 0.15) is 23.7 Å². The number of rotatable bonds is 3. The van der Waals surface area contributed by atoms with Crippen LogP contribution in [0.15, 0.2) is 56.7 Å². The van der Waals surface area contributed by atoms with Gasteiger partial charge in [0.15, 0.2) is 0 Å². The summed E-state index contributed by atoms with van der Waals surface area (Å²) in [5.41, 5.74) is 1.21. The van der Waals surface area contributed by atoms with Gasteiger partial charge in [0.2, 0.25) is 10.0 Å². The molecule has 1 heterocycles. The van der Waals surface area contributed by atoms with Crippen molar-refractivity contribution in [2.24, 2.45) is 0 Å². The zero-order valence-electron chi connectivity index (χ0n) is 15.3. The van der Waals surface area contributed by atoms with Gasteiger partial charge >= 0.3 is 0 Å². The first kappa shape index (κ1) is 20.4. The molecular formula is C19H21BrN2O3S2. The molecule has 2 aromatic rings. The minimum Gasteiger partial charge on any atom is -0.307 e. The molecule has 1 atom stereocenters. The molecule has 1 unspecified atom stereocenters. The van der Waals surface area contributed by atoms with E-state index in [1.165, 1.54) is 26.2 Å². The van der Waals surface area contributed by atoms with Gasteiger partial charge < -0.3 is 4.90 Å². The molecule has 0 aliphatic carbocycles. The Labute approximate surface area is 172 Å². The van der Waals surface area contributed by atoms with Crippen LogP contribution in [0.4, 0.5) is 5.69 Å². The Morgan fingerprint density at radius 2 is 1.93 bits per heavy atom. The lowest BCUT2D eigenvalue weighted by molar-refractivity contribution is 0.0985. The maximum absolute atomic E-state index is 13.4. The van der Waals surface area contributed by atoms with E-state index in [0.717, 1.165) is 21.3 Å². The molecule has 0 fully saturated rings. The van der Waals surface area contributed by atoms with E-state index in [1.807, 2.05) is 24.3 Å². The van der Waals surface area contributed by atoms with Crippen molar-refractivity contribution >= 4 is 49.3 Å². The fourth-order valence-corrected chi connectivity index (χ4v) is 5.34. The lowest BCUT2D eigenvalue weighted by Gasteiger charge is -2.23. The van der Waals surface area contributed by atoms with Crippen molar-refractivity contribution in [2.75, 3.05) is 25.5 Å². The molecule has 1 aliphatic heterocycles. The van der Waals surface area contributed by atoms with Crippen molar-refractivity contribution in [2.45, 2.75) is 28.4 Å². The highest BCUT2D eigenvalue weighted by Gasteiger charge is 2.27. The van der Waals surface area contributed by atoms with E-state index in [4.69, 9.17) is 0 Å². The molecule has 0 spiro atoms. The number of nitrogens with zero attached hydrogens (tertiary/aromatic N) is 2. The summed E-state index contributed by atoms with van der Waals surface area (Å²) in [5, 5.41) is 0.396. The second kappa shape index (κ2) is 7.95. The smallest absolute Gasteiger partial charge is 0.259 e. The fraction of sp³-hybridized carbons (Fsp3) is 0.316. The molecular weight excluding hydrogens is 448 g/mol. The summed E-state index contributed by atoms with van der Waals surface area (Å²) in [5.74, 6) is -0.208. The number of benzene rings is 2. The number of fused-ring (bicyclic) bond motifs is 1. The minimum absolute atomic E-state index is 0.102. The lowest BCUT2D eigenvalue weighted by Crippen LogP contribution is -2.32. The van der Waals surface area contributed by atoms with E-state index < -0.39 is 10.0 Å². The van der Waals surface area contributed by atoms with Crippen molar-refractivity contribution in [1.82, 2.24) is 4.31 Å². The number of anilines is 1. The largest absolute Gasteiger partial charge is 0.307 e. The molecule has 8 heteroatoms. The van der Waals surface area contributed by atoms with Gasteiger partial charge in [-0.2, -0.15) is 0 Å². The van der Waals surface area contributed by atoms with Crippen LogP contribution in [0.5, 0.6) is 0 Å². The molecule has 0 saturated carbocycles. The van der Waals surface area contributed by atoms with Gasteiger partial charge in [0.1, 0.15) is 0 Å². The quantitative estimate of drug-likeness (QED) is 0.675. The van der Waals surface area contributed by atoms with Crippen LogP contribution in [-0.2, 0) is 10.0 Å². The number of hydrogen-bond acceptors (Lipinski definition) is 4. The highest BCUT2D eigenvalue weighted by atomic mass is 79.9. The molecule has 0 bridgehead atoms. The Kier molecular flexibility index (Phi) is 6.00. The van der Waals surface area contributed by atoms with Crippen molar-refractivity contribution in [3.8, 4) is 0 Å². The number of para-hydroxylation sites is 1. The zero-order chi connectivity index (χ0) is 19.8. The molecule has 1 aliphatic rings. The van der Waals surface area contributed by atoms with E-state index in [2.05, 4.69) is 22.9 Å². The number of halogens is 1. The first-order chi connectivity index (χ1) is 12.7. The van der Waals surface area contributed by atoms with Crippen LogP contribution in [-0.4, -0.2) is 44.5 Å². The summed E-state index contributed by atoms with van der Waals surface area (Å²) < 4.78 is 26.7. The van der Waals surface area contributed by atoms with Crippen LogP contribution >= 0.6 is 27.7 Å². The molecule has 1 amide bonds. The standard InChI is InChI=1S/C19H21BrN2O3S2/c1-13-10-11-22(17-6-4-5-7-18(17)26-13)19(23)15-12-14(8-9-16(15)20)27(24,25)21(2)3/h4-9,12-13H,10-11H2,1-3H3. The number of hydrogen-bond donors (Lipinski definition) is 0. The Bertz CT molecular complexity index is 977. The van der Waals surface area contributed by atoms with Crippen molar-refractivity contribution < 1.29 is 13.2 Å². The average Bonchev–Trinajstić information content (AvgIpc) is 2.79. The van der Waals surface area contributed by atoms with E-state index in [0.29, 0.717) is 21.8 Å². The first-order valence-corrected chi connectivity index (χ1v) is 11.6. The lowest BCUT2D eigenvalue weighted by atomic mass is 10.1. The fourth-order valence-electron chi connectivity index (χ4n) is 2.88. The van der Waals surface area contributed by atoms with E-state index in [9.17, 15) is 13.2 Å². The molecule has 2 aromatic carbocycles. The van der Waals surface area contributed by atoms with E-state index >= 15 is 0 Å². The van der Waals surface area contributed by atoms with Crippen LogP contribution in [0.2, 0.25) is 0 Å². The number of amides is 1.